The quantitative estimate of drug-likeness (QED) is 0.267. The van der Waals surface area contributed by atoms with Gasteiger partial charge in [-0.1, -0.05) is 18.2 Å². The zero-order valence-corrected chi connectivity index (χ0v) is 26.2. The van der Waals surface area contributed by atoms with Gasteiger partial charge < -0.3 is 39.0 Å². The second-order valence-corrected chi connectivity index (χ2v) is 11.4. The van der Waals surface area contributed by atoms with E-state index in [0.717, 1.165) is 17.8 Å². The normalized spacial score (nSPS) is 16.6. The van der Waals surface area contributed by atoms with E-state index >= 15 is 0 Å². The Kier molecular flexibility index (Phi) is 8.56. The number of aromatic nitrogens is 1. The van der Waals surface area contributed by atoms with Crippen molar-refractivity contribution in [2.45, 2.75) is 18.9 Å². The van der Waals surface area contributed by atoms with E-state index in [0.29, 0.717) is 59.6 Å². The van der Waals surface area contributed by atoms with Crippen LogP contribution in [-0.2, 0) is 6.54 Å². The molecule has 2 aliphatic rings. The van der Waals surface area contributed by atoms with Gasteiger partial charge in [0.2, 0.25) is 5.75 Å². The Morgan fingerprint density at radius 1 is 0.696 bits per heavy atom. The number of methoxy groups -OCH3 is 4. The second-order valence-electron chi connectivity index (χ2n) is 11.4. The number of nitrogens with zero attached hydrogens (tertiary/aromatic N) is 2. The minimum atomic E-state index is -0.420. The van der Waals surface area contributed by atoms with Crippen molar-refractivity contribution in [1.29, 1.82) is 0 Å². The zero-order chi connectivity index (χ0) is 32.4. The second kappa shape index (κ2) is 12.9. The molecule has 2 N–H and O–H groups in total. The number of hydrogen-bond acceptors (Lipinski definition) is 8. The number of piperidine rings is 1. The molecule has 2 bridgehead atoms. The van der Waals surface area contributed by atoms with Crippen LogP contribution in [0.1, 0.15) is 38.7 Å². The summed E-state index contributed by atoms with van der Waals surface area (Å²) in [4.78, 5) is 42.1. The van der Waals surface area contributed by atoms with E-state index in [1.165, 1.54) is 21.3 Å². The molecule has 0 spiro atoms. The fraction of sp³-hybridized carbons (Fsp3) is 0.286. The Balaban J connectivity index is 1.36. The molecule has 11 nitrogen and oxygen atoms in total. The molecule has 1 fully saturated rings. The van der Waals surface area contributed by atoms with Gasteiger partial charge in [0.1, 0.15) is 5.75 Å². The summed E-state index contributed by atoms with van der Waals surface area (Å²) in [5.74, 6) is 1.20. The van der Waals surface area contributed by atoms with Crippen LogP contribution in [0.25, 0.3) is 0 Å². The molecule has 4 aromatic rings. The lowest BCUT2D eigenvalue weighted by molar-refractivity contribution is 0.101. The number of carbonyl (C=O) groups excluding carboxylic acids is 2. The van der Waals surface area contributed by atoms with Crippen molar-refractivity contribution in [1.82, 2.24) is 4.57 Å². The van der Waals surface area contributed by atoms with Crippen LogP contribution < -0.4 is 40.0 Å². The summed E-state index contributed by atoms with van der Waals surface area (Å²) in [5, 5.41) is 5.96. The van der Waals surface area contributed by atoms with E-state index in [1.807, 2.05) is 34.9 Å². The first-order chi connectivity index (χ1) is 22.3. The average molecular weight is 625 g/mol. The Morgan fingerprint density at radius 2 is 1.39 bits per heavy atom. The van der Waals surface area contributed by atoms with Gasteiger partial charge in [0.25, 0.3) is 17.4 Å². The minimum Gasteiger partial charge on any atom is -0.495 e. The number of amides is 2. The molecule has 3 heterocycles. The minimum absolute atomic E-state index is 0.0179. The molecule has 1 saturated heterocycles. The highest BCUT2D eigenvalue weighted by atomic mass is 16.5. The third kappa shape index (κ3) is 5.83. The molecule has 46 heavy (non-hydrogen) atoms. The Bertz CT molecular complexity index is 1830. The molecule has 2 amide bonds. The highest BCUT2D eigenvalue weighted by Gasteiger charge is 2.35. The van der Waals surface area contributed by atoms with Crippen LogP contribution in [0.15, 0.2) is 77.6 Å². The maximum absolute atomic E-state index is 13.8. The van der Waals surface area contributed by atoms with E-state index in [4.69, 9.17) is 18.9 Å². The Labute approximate surface area is 266 Å². The van der Waals surface area contributed by atoms with Gasteiger partial charge in [0, 0.05) is 48.4 Å². The van der Waals surface area contributed by atoms with Crippen molar-refractivity contribution in [3.05, 3.63) is 100.0 Å². The smallest absolute Gasteiger partial charge is 0.255 e. The number of hydrogen-bond donors (Lipinski definition) is 2. The van der Waals surface area contributed by atoms with E-state index in [9.17, 15) is 14.4 Å². The lowest BCUT2D eigenvalue weighted by atomic mass is 9.83. The van der Waals surface area contributed by atoms with Gasteiger partial charge in [-0.05, 0) is 60.9 Å². The van der Waals surface area contributed by atoms with Crippen LogP contribution in [0, 0.1) is 5.92 Å². The van der Waals surface area contributed by atoms with Crippen LogP contribution >= 0.6 is 0 Å². The number of para-hydroxylation sites is 2. The SMILES string of the molecule is COc1ccccc1NC(=O)c1ccc(N2CC3CC(C2)c2cccc(=O)n2C3)c(NC(=O)c2cc(OC)c(OC)c(OC)c2)c1. The van der Waals surface area contributed by atoms with E-state index < -0.39 is 5.91 Å². The number of rotatable bonds is 9. The zero-order valence-electron chi connectivity index (χ0n) is 26.2. The predicted octanol–water partition coefficient (Wildman–Crippen LogP) is 5.01. The van der Waals surface area contributed by atoms with E-state index in [-0.39, 0.29) is 28.9 Å². The van der Waals surface area contributed by atoms with E-state index in [1.54, 1.807) is 49.6 Å². The number of anilines is 3. The number of pyridine rings is 1. The van der Waals surface area contributed by atoms with Crippen molar-refractivity contribution >= 4 is 28.9 Å². The van der Waals surface area contributed by atoms with Crippen molar-refractivity contribution in [3.8, 4) is 23.0 Å². The van der Waals surface area contributed by atoms with Crippen LogP contribution in [0.2, 0.25) is 0 Å². The van der Waals surface area contributed by atoms with Gasteiger partial charge >= 0.3 is 0 Å². The monoisotopic (exact) mass is 624 g/mol. The van der Waals surface area contributed by atoms with Crippen molar-refractivity contribution in [3.63, 3.8) is 0 Å². The molecule has 0 saturated carbocycles. The maximum atomic E-state index is 13.8. The molecular weight excluding hydrogens is 588 g/mol. The summed E-state index contributed by atoms with van der Waals surface area (Å²) in [6.07, 6.45) is 0.979. The molecule has 11 heteroatoms. The third-order valence-corrected chi connectivity index (χ3v) is 8.61. The molecule has 0 aliphatic carbocycles. The lowest BCUT2D eigenvalue weighted by Crippen LogP contribution is -2.47. The average Bonchev–Trinajstić information content (AvgIpc) is 3.08. The summed E-state index contributed by atoms with van der Waals surface area (Å²) >= 11 is 0. The van der Waals surface area contributed by atoms with Gasteiger partial charge in [-0.25, -0.2) is 0 Å². The summed E-state index contributed by atoms with van der Waals surface area (Å²) in [6.45, 7) is 1.98. The summed E-state index contributed by atoms with van der Waals surface area (Å²) in [7, 11) is 6.01. The first kappa shape index (κ1) is 30.6. The first-order valence-electron chi connectivity index (χ1n) is 15.0. The van der Waals surface area contributed by atoms with Gasteiger partial charge in [0.15, 0.2) is 11.5 Å². The van der Waals surface area contributed by atoms with Gasteiger partial charge in [-0.3, -0.25) is 14.4 Å². The van der Waals surface area contributed by atoms with Crippen molar-refractivity contribution < 1.29 is 28.5 Å². The highest BCUT2D eigenvalue weighted by Crippen LogP contribution is 2.41. The summed E-state index contributed by atoms with van der Waals surface area (Å²) < 4.78 is 23.6. The van der Waals surface area contributed by atoms with Crippen LogP contribution in [0.5, 0.6) is 23.0 Å². The number of ether oxygens (including phenoxy) is 4. The maximum Gasteiger partial charge on any atom is 0.255 e. The molecule has 2 aliphatic heterocycles. The van der Waals surface area contributed by atoms with Crippen molar-refractivity contribution in [2.75, 3.05) is 57.1 Å². The lowest BCUT2D eigenvalue weighted by Gasteiger charge is -2.44. The number of nitrogens with one attached hydrogen (secondary N) is 2. The van der Waals surface area contributed by atoms with Crippen LogP contribution in [-0.4, -0.2) is 57.9 Å². The van der Waals surface area contributed by atoms with Gasteiger partial charge in [0.05, 0.1) is 45.5 Å². The Hall–Kier alpha value is -5.45. The first-order valence-corrected chi connectivity index (χ1v) is 15.0. The molecule has 3 aromatic carbocycles. The van der Waals surface area contributed by atoms with Gasteiger partial charge in [-0.15, -0.1) is 0 Å². The molecule has 1 aromatic heterocycles. The highest BCUT2D eigenvalue weighted by molar-refractivity contribution is 6.10. The van der Waals surface area contributed by atoms with Crippen LogP contribution in [0.4, 0.5) is 17.1 Å². The molecule has 2 atom stereocenters. The number of carbonyl (C=O) groups is 2. The molecular formula is C35H36N4O7. The molecule has 238 valence electrons. The summed E-state index contributed by atoms with van der Waals surface area (Å²) in [6, 6.07) is 21.0. The fourth-order valence-electron chi connectivity index (χ4n) is 6.50. The molecule has 6 rings (SSSR count). The largest absolute Gasteiger partial charge is 0.495 e. The topological polar surface area (TPSA) is 120 Å². The van der Waals surface area contributed by atoms with Crippen LogP contribution in [0.3, 0.4) is 0 Å². The fourth-order valence-corrected chi connectivity index (χ4v) is 6.50. The van der Waals surface area contributed by atoms with Gasteiger partial charge in [-0.2, -0.15) is 0 Å². The number of fused-ring (bicyclic) bond motifs is 4. The third-order valence-electron chi connectivity index (χ3n) is 8.61. The number of benzene rings is 3. The van der Waals surface area contributed by atoms with E-state index in [2.05, 4.69) is 15.5 Å². The molecule has 0 radical (unpaired) electrons. The summed E-state index contributed by atoms with van der Waals surface area (Å²) in [5.41, 5.74) is 3.44. The molecule has 2 unspecified atom stereocenters. The standard InChI is InChI=1S/C35H36N4O7/c1-43-29-10-6-5-8-25(29)36-34(41)22-12-13-28(38-18-21-14-24(20-38)27-9-7-11-32(40)39(27)19-21)26(15-22)37-35(42)23-16-30(44-2)33(46-4)31(17-23)45-3/h5-13,15-17,21,24H,14,18-20H2,1-4H3,(H,36,41)(H,37,42). The Morgan fingerprint density at radius 3 is 2.11 bits per heavy atom. The predicted molar refractivity (Wildman–Crippen MR) is 175 cm³/mol. The van der Waals surface area contributed by atoms with Crippen molar-refractivity contribution in [2.24, 2.45) is 5.92 Å².